The van der Waals surface area contributed by atoms with E-state index in [1.165, 1.54) is 13.2 Å². The molecular formula is C35H35BrFN3O4S. The van der Waals surface area contributed by atoms with Crippen LogP contribution in [0.25, 0.3) is 22.2 Å². The van der Waals surface area contributed by atoms with Gasteiger partial charge in [-0.15, -0.1) is 11.8 Å². The Hall–Kier alpha value is -3.89. The quantitative estimate of drug-likeness (QED) is 0.0923. The van der Waals surface area contributed by atoms with Crippen LogP contribution in [0.3, 0.4) is 0 Å². The first kappa shape index (κ1) is 32.5. The summed E-state index contributed by atoms with van der Waals surface area (Å²) in [4.78, 5) is 26.4. The Balaban J connectivity index is 1.34. The summed E-state index contributed by atoms with van der Waals surface area (Å²) in [6, 6.07) is 20.6. The van der Waals surface area contributed by atoms with Gasteiger partial charge in [-0.2, -0.15) is 5.10 Å². The van der Waals surface area contributed by atoms with Crippen LogP contribution in [0.4, 0.5) is 4.39 Å². The number of H-pyrrole nitrogens is 1. The summed E-state index contributed by atoms with van der Waals surface area (Å²) < 4.78 is 28.7. The van der Waals surface area contributed by atoms with Crippen LogP contribution in [0.1, 0.15) is 55.1 Å². The fourth-order valence-corrected chi connectivity index (χ4v) is 6.88. The normalized spacial score (nSPS) is 12.3. The number of hydrogen-bond acceptors (Lipinski definition) is 6. The molecule has 2 aromatic heterocycles. The van der Waals surface area contributed by atoms with Crippen LogP contribution in [0, 0.1) is 11.2 Å². The van der Waals surface area contributed by atoms with Crippen LogP contribution >= 0.6 is 27.7 Å². The highest BCUT2D eigenvalue weighted by atomic mass is 79.9. The smallest absolute Gasteiger partial charge is 0.315 e. The van der Waals surface area contributed by atoms with Gasteiger partial charge in [0.2, 0.25) is 0 Å². The highest BCUT2D eigenvalue weighted by Gasteiger charge is 2.22. The third kappa shape index (κ3) is 8.04. The zero-order valence-electron chi connectivity index (χ0n) is 25.4. The maximum absolute atomic E-state index is 15.0. The lowest BCUT2D eigenvalue weighted by Gasteiger charge is -2.26. The van der Waals surface area contributed by atoms with Crippen molar-refractivity contribution in [2.75, 3.05) is 18.6 Å². The van der Waals surface area contributed by atoms with Gasteiger partial charge in [0, 0.05) is 39.4 Å². The van der Waals surface area contributed by atoms with Crippen molar-refractivity contribution >= 4 is 50.9 Å². The average Bonchev–Trinajstić information content (AvgIpc) is 3.70. The number of rotatable bonds is 14. The maximum atomic E-state index is 15.0. The van der Waals surface area contributed by atoms with Crippen LogP contribution in [0.15, 0.2) is 83.6 Å². The molecule has 5 aromatic rings. The number of aromatic nitrogens is 3. The zero-order valence-corrected chi connectivity index (χ0v) is 27.8. The molecule has 0 amide bonds. The number of nitrogens with one attached hydrogen (secondary N) is 1. The molecule has 3 aromatic carbocycles. The summed E-state index contributed by atoms with van der Waals surface area (Å²) in [5.74, 6) is 0.691. The molecule has 2 heterocycles. The molecule has 5 rings (SSSR count). The first-order chi connectivity index (χ1) is 21.7. The first-order valence-electron chi connectivity index (χ1n) is 14.7. The second kappa shape index (κ2) is 14.5. The summed E-state index contributed by atoms with van der Waals surface area (Å²) in [6.45, 7) is 4.46. The average molecular weight is 693 g/mol. The molecule has 7 nitrogen and oxygen atoms in total. The molecule has 1 unspecified atom stereocenters. The van der Waals surface area contributed by atoms with Gasteiger partial charge >= 0.3 is 5.97 Å². The molecule has 0 aliphatic carbocycles. The second-order valence-corrected chi connectivity index (χ2v) is 13.6. The number of thioether (sulfide) groups is 1. The molecular weight excluding hydrogens is 657 g/mol. The highest BCUT2D eigenvalue weighted by molar-refractivity contribution is 9.10. The minimum atomic E-state index is -0.621. The molecule has 0 aliphatic rings. The van der Waals surface area contributed by atoms with Crippen molar-refractivity contribution in [3.63, 3.8) is 0 Å². The molecule has 0 spiro atoms. The minimum absolute atomic E-state index is 0.00604. The second-order valence-electron chi connectivity index (χ2n) is 11.7. The number of carbonyl (C=O) groups excluding carboxylic acids is 2. The van der Waals surface area contributed by atoms with Crippen LogP contribution in [-0.2, 0) is 9.53 Å². The largest absolute Gasteiger partial charge is 0.468 e. The first-order valence-corrected chi connectivity index (χ1v) is 16.6. The molecule has 0 saturated carbocycles. The lowest BCUT2D eigenvalue weighted by Crippen LogP contribution is -2.18. The van der Waals surface area contributed by atoms with Crippen molar-refractivity contribution in [2.45, 2.75) is 39.2 Å². The molecule has 1 N–H and O–H groups in total. The lowest BCUT2D eigenvalue weighted by atomic mass is 9.88. The predicted octanol–water partition coefficient (Wildman–Crippen LogP) is 9.23. The Labute approximate surface area is 274 Å². The molecule has 234 valence electrons. The van der Waals surface area contributed by atoms with Gasteiger partial charge in [0.25, 0.3) is 0 Å². The Kier molecular flexibility index (Phi) is 10.5. The van der Waals surface area contributed by atoms with Gasteiger partial charge in [0.15, 0.2) is 17.9 Å². The molecule has 0 aliphatic heterocycles. The zero-order chi connectivity index (χ0) is 32.0. The van der Waals surface area contributed by atoms with Crippen molar-refractivity contribution in [2.24, 2.45) is 5.41 Å². The molecule has 45 heavy (non-hydrogen) atoms. The fourth-order valence-electron chi connectivity index (χ4n) is 5.38. The van der Waals surface area contributed by atoms with Gasteiger partial charge in [-0.1, -0.05) is 60.5 Å². The molecule has 0 bridgehead atoms. The van der Waals surface area contributed by atoms with E-state index in [9.17, 15) is 14.0 Å². The van der Waals surface area contributed by atoms with E-state index in [1.54, 1.807) is 36.2 Å². The van der Waals surface area contributed by atoms with Gasteiger partial charge in [0.05, 0.1) is 30.2 Å². The Morgan fingerprint density at radius 2 is 1.98 bits per heavy atom. The summed E-state index contributed by atoms with van der Waals surface area (Å²) in [5, 5.41) is 5.57. The van der Waals surface area contributed by atoms with Crippen molar-refractivity contribution < 1.29 is 23.5 Å². The third-order valence-corrected chi connectivity index (χ3v) is 9.62. The van der Waals surface area contributed by atoms with E-state index in [-0.39, 0.29) is 28.7 Å². The fraction of sp³-hybridized carbons (Fsp3) is 0.286. The van der Waals surface area contributed by atoms with Gasteiger partial charge in [-0.25, -0.2) is 4.39 Å². The summed E-state index contributed by atoms with van der Waals surface area (Å²) >= 11 is 5.22. The Morgan fingerprint density at radius 3 is 2.76 bits per heavy atom. The van der Waals surface area contributed by atoms with E-state index in [4.69, 9.17) is 14.6 Å². The van der Waals surface area contributed by atoms with Gasteiger partial charge in [0.1, 0.15) is 5.75 Å². The molecule has 0 fully saturated rings. The summed E-state index contributed by atoms with van der Waals surface area (Å²) in [5.41, 5.74) is 3.44. The van der Waals surface area contributed by atoms with E-state index in [0.717, 1.165) is 46.3 Å². The number of hydrogen-bond donors (Lipinski definition) is 1. The molecule has 10 heteroatoms. The van der Waals surface area contributed by atoms with Crippen LogP contribution < -0.4 is 4.74 Å². The number of benzene rings is 3. The highest BCUT2D eigenvalue weighted by Crippen LogP contribution is 2.36. The van der Waals surface area contributed by atoms with Gasteiger partial charge in [-0.3, -0.25) is 14.3 Å². The Morgan fingerprint density at radius 1 is 1.16 bits per heavy atom. The van der Waals surface area contributed by atoms with Crippen molar-refractivity contribution in [1.82, 2.24) is 14.8 Å². The minimum Gasteiger partial charge on any atom is -0.468 e. The van der Waals surface area contributed by atoms with E-state index in [2.05, 4.69) is 46.9 Å². The van der Waals surface area contributed by atoms with E-state index in [0.29, 0.717) is 28.7 Å². The number of nitrogens with zero attached hydrogens (tertiary/aromatic N) is 2. The predicted molar refractivity (Wildman–Crippen MR) is 181 cm³/mol. The van der Waals surface area contributed by atoms with Crippen molar-refractivity contribution in [3.8, 4) is 22.8 Å². The van der Waals surface area contributed by atoms with E-state index < -0.39 is 5.82 Å². The lowest BCUT2D eigenvalue weighted by molar-refractivity contribution is -0.137. The number of aldehydes is 1. The number of halogens is 2. The third-order valence-electron chi connectivity index (χ3n) is 7.70. The number of aromatic amines is 1. The standard InChI is InChI=1S/C35H35BrFN3O4S/c1-35(2,22-45-21-33(42)43-3)14-6-11-32(24-8-4-9-25(36)17-24)40-16-13-30(39-40)23-7-5-10-26(18-23)44-34-28(20-41)27-12-15-38-31(27)19-29(34)37/h4-5,7-10,12-13,15-20,32,38H,6,11,14,21-22H2,1-3H3. The van der Waals surface area contributed by atoms with Crippen LogP contribution in [0.2, 0.25) is 0 Å². The van der Waals surface area contributed by atoms with Crippen LogP contribution in [0.5, 0.6) is 11.5 Å². The number of ether oxygens (including phenoxy) is 2. The summed E-state index contributed by atoms with van der Waals surface area (Å²) in [6.07, 6.45) is 7.10. The maximum Gasteiger partial charge on any atom is 0.315 e. The van der Waals surface area contributed by atoms with Gasteiger partial charge in [-0.05, 0) is 66.0 Å². The van der Waals surface area contributed by atoms with Crippen LogP contribution in [-0.4, -0.2) is 45.6 Å². The monoisotopic (exact) mass is 691 g/mol. The molecule has 0 radical (unpaired) electrons. The van der Waals surface area contributed by atoms with E-state index >= 15 is 0 Å². The number of fused-ring (bicyclic) bond motifs is 1. The Bertz CT molecular complexity index is 1800. The van der Waals surface area contributed by atoms with Crippen molar-refractivity contribution in [1.29, 1.82) is 0 Å². The topological polar surface area (TPSA) is 86.2 Å². The van der Waals surface area contributed by atoms with Crippen molar-refractivity contribution in [3.05, 3.63) is 101 Å². The SMILES string of the molecule is COC(=O)CSCC(C)(C)CCCC(c1cccc(Br)c1)n1ccc(-c2cccc(Oc3c(F)cc4[nH]ccc4c3C=O)c2)n1. The van der Waals surface area contributed by atoms with E-state index in [1.807, 2.05) is 41.2 Å². The number of carbonyl (C=O) groups is 2. The van der Waals surface area contributed by atoms with Gasteiger partial charge < -0.3 is 14.5 Å². The number of methoxy groups -OCH3 is 1. The number of esters is 1. The molecule has 1 atom stereocenters. The molecule has 0 saturated heterocycles. The summed E-state index contributed by atoms with van der Waals surface area (Å²) in [7, 11) is 1.41.